The summed E-state index contributed by atoms with van der Waals surface area (Å²) in [6.45, 7) is 16.8. The van der Waals surface area contributed by atoms with Gasteiger partial charge in [0, 0.05) is 42.7 Å². The van der Waals surface area contributed by atoms with Crippen molar-refractivity contribution in [1.29, 1.82) is 0 Å². The Labute approximate surface area is 224 Å². The number of hydrogen-bond donors (Lipinski definition) is 1. The molecule has 5 nitrogen and oxygen atoms in total. The zero-order chi connectivity index (χ0) is 27.4. The molecule has 1 N–H and O–H groups in total. The fourth-order valence-electron chi connectivity index (χ4n) is 3.63. The van der Waals surface area contributed by atoms with E-state index in [4.69, 9.17) is 0 Å². The molecule has 1 aliphatic carbocycles. The number of allylic oxidation sites excluding steroid dienone is 6. The number of unbranched alkanes of at least 4 members (excludes halogenated alkanes) is 1. The first-order valence-electron chi connectivity index (χ1n) is 12.6. The maximum Gasteiger partial charge on any atom is 0.224 e. The molecule has 0 aromatic heterocycles. The number of ether oxygens (including phenoxy) is 1. The maximum absolute atomic E-state index is 12.2. The lowest BCUT2D eigenvalue weighted by Crippen LogP contribution is -2.61. The Bertz CT molecular complexity index is 696. The molecule has 35 heavy (non-hydrogen) atoms. The number of halogens is 1. The Kier molecular flexibility index (Phi) is 20.5. The van der Waals surface area contributed by atoms with Gasteiger partial charge in [0.25, 0.3) is 0 Å². The summed E-state index contributed by atoms with van der Waals surface area (Å²) in [6, 6.07) is 0. The van der Waals surface area contributed by atoms with Crippen LogP contribution in [0.3, 0.4) is 0 Å². The van der Waals surface area contributed by atoms with Gasteiger partial charge in [0.05, 0.1) is 0 Å². The van der Waals surface area contributed by atoms with Gasteiger partial charge in [0.15, 0.2) is 0 Å². The molecule has 3 rings (SSSR count). The van der Waals surface area contributed by atoms with Gasteiger partial charge in [-0.05, 0) is 77.4 Å². The summed E-state index contributed by atoms with van der Waals surface area (Å²) in [5.74, 6) is 1.08. The normalized spacial score (nSPS) is 21.2. The third-order valence-electron chi connectivity index (χ3n) is 6.29. The highest BCUT2D eigenvalue weighted by Crippen LogP contribution is 2.45. The van der Waals surface area contributed by atoms with Gasteiger partial charge in [-0.25, -0.2) is 0 Å². The van der Waals surface area contributed by atoms with Gasteiger partial charge in [-0.1, -0.05) is 54.4 Å². The van der Waals surface area contributed by atoms with Crippen LogP contribution in [0.4, 0.5) is 0 Å². The monoisotopic (exact) mass is 552 g/mol. The third-order valence-corrected chi connectivity index (χ3v) is 7.18. The number of terminal acetylenes is 1. The number of methoxy groups -OCH3 is 1. The van der Waals surface area contributed by atoms with E-state index in [1.165, 1.54) is 12.0 Å². The van der Waals surface area contributed by atoms with Crippen molar-refractivity contribution in [2.45, 2.75) is 79.7 Å². The van der Waals surface area contributed by atoms with Gasteiger partial charge in [-0.15, -0.1) is 12.8 Å². The van der Waals surface area contributed by atoms with E-state index in [-0.39, 0.29) is 17.4 Å². The number of piperidine rings is 2. The van der Waals surface area contributed by atoms with Gasteiger partial charge in [0.1, 0.15) is 0 Å². The van der Waals surface area contributed by atoms with Crippen molar-refractivity contribution in [2.75, 3.05) is 26.8 Å². The molecule has 2 heterocycles. The molecule has 3 aliphatic rings. The molecular formula is C29H49BrN2O3. The topological polar surface area (TPSA) is 58.6 Å². The van der Waals surface area contributed by atoms with Gasteiger partial charge in [-0.2, -0.15) is 0 Å². The first kappa shape index (κ1) is 35.3. The molecule has 0 aromatic rings. The van der Waals surface area contributed by atoms with E-state index in [0.717, 1.165) is 49.9 Å². The van der Waals surface area contributed by atoms with Gasteiger partial charge < -0.3 is 15.0 Å². The fourth-order valence-corrected chi connectivity index (χ4v) is 4.01. The standard InChI is InChI=1S/C13H22N2O2.C11H17Br.C3H8O.C2H2/c1-4-13(2,3)14-12(17)11-9-5-10(11)7-15(6-9)8-16;1-4-6-7-8-9-11(12)10(3)5-2;1-3-4-2;1-2/h8-11H,4-7H2,1-3H3,(H,14,17);5,7-9H,4,6H2,1-3H3;3H2,1-2H3;1-2H/b;8-7-,10-5+,11-9+;;. The third kappa shape index (κ3) is 14.3. The van der Waals surface area contributed by atoms with Gasteiger partial charge in [0.2, 0.25) is 12.3 Å². The van der Waals surface area contributed by atoms with Gasteiger partial charge in [-0.3, -0.25) is 9.59 Å². The number of nitrogens with one attached hydrogen (secondary N) is 1. The van der Waals surface area contributed by atoms with Crippen LogP contribution in [0.15, 0.2) is 34.4 Å². The van der Waals surface area contributed by atoms with Crippen molar-refractivity contribution >= 4 is 28.2 Å². The van der Waals surface area contributed by atoms with E-state index in [1.807, 2.05) is 13.8 Å². The Morgan fingerprint density at radius 1 is 1.20 bits per heavy atom. The van der Waals surface area contributed by atoms with Crippen molar-refractivity contribution in [2.24, 2.45) is 17.8 Å². The summed E-state index contributed by atoms with van der Waals surface area (Å²) in [6.07, 6.45) is 21.8. The molecule has 0 spiro atoms. The molecule has 2 bridgehead atoms. The van der Waals surface area contributed by atoms with Crippen LogP contribution in [0.2, 0.25) is 0 Å². The SMILES string of the molecule is C#C.C/C=C(C)/C(Br)=C\C=C/CCC.CCC(C)(C)NC(=O)C1C2CC1CN(C=O)C2.CCOC. The van der Waals surface area contributed by atoms with Crippen LogP contribution in [0.5, 0.6) is 0 Å². The number of carbonyl (C=O) groups excluding carboxylic acids is 2. The molecule has 2 unspecified atom stereocenters. The highest BCUT2D eigenvalue weighted by molar-refractivity contribution is 9.12. The summed E-state index contributed by atoms with van der Waals surface area (Å²) in [7, 11) is 1.68. The van der Waals surface area contributed by atoms with E-state index in [2.05, 4.69) is 97.8 Å². The zero-order valence-electron chi connectivity index (χ0n) is 23.3. The lowest BCUT2D eigenvalue weighted by Gasteiger charge is -2.52. The molecule has 0 aromatic carbocycles. The Morgan fingerprint density at radius 3 is 2.14 bits per heavy atom. The van der Waals surface area contributed by atoms with Crippen LogP contribution in [0.1, 0.15) is 74.1 Å². The summed E-state index contributed by atoms with van der Waals surface area (Å²) < 4.78 is 5.71. The predicted octanol–water partition coefficient (Wildman–Crippen LogP) is 6.51. The van der Waals surface area contributed by atoms with Crippen molar-refractivity contribution in [3.8, 4) is 12.8 Å². The van der Waals surface area contributed by atoms with Crippen LogP contribution >= 0.6 is 15.9 Å². The highest BCUT2D eigenvalue weighted by atomic mass is 79.9. The van der Waals surface area contributed by atoms with E-state index in [9.17, 15) is 9.59 Å². The van der Waals surface area contributed by atoms with E-state index < -0.39 is 0 Å². The quantitative estimate of drug-likeness (QED) is 0.201. The fraction of sp³-hybridized carbons (Fsp3) is 0.655. The van der Waals surface area contributed by atoms with Crippen molar-refractivity contribution in [3.63, 3.8) is 0 Å². The lowest BCUT2D eigenvalue weighted by molar-refractivity contribution is -0.147. The molecule has 1 saturated carbocycles. The predicted molar refractivity (Wildman–Crippen MR) is 153 cm³/mol. The first-order valence-corrected chi connectivity index (χ1v) is 13.4. The number of amides is 2. The largest absolute Gasteiger partial charge is 0.385 e. The number of nitrogens with zero attached hydrogens (tertiary/aromatic N) is 1. The van der Waals surface area contributed by atoms with E-state index in [0.29, 0.717) is 11.8 Å². The Hall–Kier alpha value is -1.84. The average Bonchev–Trinajstić information content (AvgIpc) is 2.87. The minimum Gasteiger partial charge on any atom is -0.385 e. The van der Waals surface area contributed by atoms with E-state index >= 15 is 0 Å². The average molecular weight is 554 g/mol. The molecule has 2 aliphatic heterocycles. The first-order chi connectivity index (χ1) is 16.6. The molecule has 2 atom stereocenters. The second-order valence-corrected chi connectivity index (χ2v) is 10.2. The molecule has 200 valence electrons. The number of fused-ring (bicyclic) bond motifs is 2. The smallest absolute Gasteiger partial charge is 0.224 e. The molecule has 3 fully saturated rings. The summed E-state index contributed by atoms with van der Waals surface area (Å²) in [5.41, 5.74) is 1.15. The van der Waals surface area contributed by atoms with Crippen LogP contribution in [0, 0.1) is 30.6 Å². The van der Waals surface area contributed by atoms with Crippen LogP contribution in [-0.2, 0) is 14.3 Å². The zero-order valence-corrected chi connectivity index (χ0v) is 24.9. The highest BCUT2D eigenvalue weighted by Gasteiger charge is 2.50. The summed E-state index contributed by atoms with van der Waals surface area (Å²) in [5, 5.41) is 3.12. The Balaban J connectivity index is 0. The van der Waals surface area contributed by atoms with Gasteiger partial charge >= 0.3 is 0 Å². The molecule has 2 saturated heterocycles. The second-order valence-electron chi connectivity index (χ2n) is 9.35. The molecule has 0 radical (unpaired) electrons. The Morgan fingerprint density at radius 2 is 1.74 bits per heavy atom. The molecule has 2 amide bonds. The van der Waals surface area contributed by atoms with Crippen LogP contribution in [-0.4, -0.2) is 49.6 Å². The van der Waals surface area contributed by atoms with Crippen LogP contribution in [0.25, 0.3) is 0 Å². The van der Waals surface area contributed by atoms with Crippen molar-refractivity contribution in [3.05, 3.63) is 34.4 Å². The number of carbonyl (C=O) groups is 2. The van der Waals surface area contributed by atoms with Crippen LogP contribution < -0.4 is 5.32 Å². The van der Waals surface area contributed by atoms with E-state index in [1.54, 1.807) is 12.0 Å². The summed E-state index contributed by atoms with van der Waals surface area (Å²) >= 11 is 3.50. The minimum atomic E-state index is -0.120. The molecule has 6 heteroatoms. The minimum absolute atomic E-state index is 0.120. The van der Waals surface area contributed by atoms with Crippen molar-refractivity contribution in [1.82, 2.24) is 10.2 Å². The van der Waals surface area contributed by atoms with Crippen molar-refractivity contribution < 1.29 is 14.3 Å². The summed E-state index contributed by atoms with van der Waals surface area (Å²) in [4.78, 5) is 24.7. The number of rotatable bonds is 9. The molecular weight excluding hydrogens is 504 g/mol. The maximum atomic E-state index is 12.2. The number of hydrogen-bond acceptors (Lipinski definition) is 3. The second kappa shape index (κ2) is 20.4. The lowest BCUT2D eigenvalue weighted by atomic mass is 9.61.